The summed E-state index contributed by atoms with van der Waals surface area (Å²) in [6.45, 7) is 5.31. The summed E-state index contributed by atoms with van der Waals surface area (Å²) in [5.74, 6) is 1.63. The number of rotatable bonds is 8. The van der Waals surface area contributed by atoms with Crippen molar-refractivity contribution in [2.45, 2.75) is 25.9 Å². The van der Waals surface area contributed by atoms with Gasteiger partial charge < -0.3 is 20.3 Å². The Morgan fingerprint density at radius 1 is 1.31 bits per heavy atom. The van der Waals surface area contributed by atoms with Gasteiger partial charge in [0.25, 0.3) is 5.89 Å². The van der Waals surface area contributed by atoms with Gasteiger partial charge in [0.1, 0.15) is 11.3 Å². The minimum atomic E-state index is -1.01. The highest BCUT2D eigenvalue weighted by Crippen LogP contribution is 2.23. The zero-order valence-corrected chi connectivity index (χ0v) is 19.5. The molecule has 10 heteroatoms. The molecule has 8 nitrogen and oxygen atoms in total. The average molecular weight is 528 g/mol. The van der Waals surface area contributed by atoms with Crippen molar-refractivity contribution >= 4 is 41.3 Å². The molecule has 0 fully saturated rings. The van der Waals surface area contributed by atoms with Gasteiger partial charge in [-0.15, -0.1) is 24.0 Å². The molecule has 0 bridgehead atoms. The fourth-order valence-corrected chi connectivity index (χ4v) is 3.26. The Labute approximate surface area is 190 Å². The topological polar surface area (TPSA) is 108 Å². The normalized spacial score (nSPS) is 13.4. The van der Waals surface area contributed by atoms with E-state index in [0.717, 1.165) is 12.1 Å². The Morgan fingerprint density at radius 2 is 2.17 bits per heavy atom. The number of thiophene rings is 1. The Kier molecular flexibility index (Phi) is 8.99. The van der Waals surface area contributed by atoms with E-state index in [2.05, 4.69) is 30.8 Å². The predicted molar refractivity (Wildman–Crippen MR) is 125 cm³/mol. The molecule has 0 aliphatic rings. The molecule has 0 saturated carbocycles. The molecule has 0 aromatic carbocycles. The Hall–Kier alpha value is -2.05. The summed E-state index contributed by atoms with van der Waals surface area (Å²) in [4.78, 5) is 13.1. The average Bonchev–Trinajstić information content (AvgIpc) is 3.39. The van der Waals surface area contributed by atoms with Crippen LogP contribution in [0, 0.1) is 0 Å². The van der Waals surface area contributed by atoms with E-state index in [1.807, 2.05) is 41.9 Å². The van der Waals surface area contributed by atoms with Crippen LogP contribution in [0.15, 0.2) is 50.7 Å². The minimum absolute atomic E-state index is 0. The predicted octanol–water partition coefficient (Wildman–Crippen LogP) is 2.82. The second-order valence-electron chi connectivity index (χ2n) is 6.39. The maximum absolute atomic E-state index is 10.6. The van der Waals surface area contributed by atoms with Crippen LogP contribution in [0.3, 0.4) is 0 Å². The van der Waals surface area contributed by atoms with Crippen LogP contribution in [0.1, 0.15) is 25.2 Å². The number of aromatic nitrogens is 3. The maximum Gasteiger partial charge on any atom is 0.276 e. The molecule has 1 unspecified atom stereocenters. The number of nitrogens with one attached hydrogen (secondary N) is 2. The van der Waals surface area contributed by atoms with Crippen LogP contribution in [0.25, 0.3) is 11.6 Å². The van der Waals surface area contributed by atoms with E-state index in [9.17, 15) is 5.11 Å². The van der Waals surface area contributed by atoms with E-state index in [-0.39, 0.29) is 30.5 Å². The van der Waals surface area contributed by atoms with Gasteiger partial charge in [0.15, 0.2) is 11.8 Å². The first-order valence-electron chi connectivity index (χ1n) is 9.09. The Balaban J connectivity index is 0.00000300. The molecule has 0 spiro atoms. The summed E-state index contributed by atoms with van der Waals surface area (Å²) < 4.78 is 5.26. The molecule has 156 valence electrons. The number of hydrogen-bond acceptors (Lipinski definition) is 7. The largest absolute Gasteiger partial charge is 0.383 e. The van der Waals surface area contributed by atoms with Crippen LogP contribution < -0.4 is 10.6 Å². The number of hydrogen-bond donors (Lipinski definition) is 3. The van der Waals surface area contributed by atoms with Crippen molar-refractivity contribution < 1.29 is 9.63 Å². The van der Waals surface area contributed by atoms with Crippen LogP contribution in [-0.4, -0.2) is 45.8 Å². The number of pyridine rings is 1. The van der Waals surface area contributed by atoms with Crippen molar-refractivity contribution in [2.24, 2.45) is 4.99 Å². The quantitative estimate of drug-likeness (QED) is 0.235. The van der Waals surface area contributed by atoms with E-state index >= 15 is 0 Å². The summed E-state index contributed by atoms with van der Waals surface area (Å²) >= 11 is 1.56. The van der Waals surface area contributed by atoms with Crippen LogP contribution >= 0.6 is 35.3 Å². The highest BCUT2D eigenvalue weighted by atomic mass is 127. The molecule has 29 heavy (non-hydrogen) atoms. The van der Waals surface area contributed by atoms with Gasteiger partial charge in [-0.2, -0.15) is 16.3 Å². The molecule has 3 heterocycles. The van der Waals surface area contributed by atoms with Gasteiger partial charge in [-0.1, -0.05) is 11.2 Å². The minimum Gasteiger partial charge on any atom is -0.383 e. The van der Waals surface area contributed by atoms with Crippen molar-refractivity contribution in [1.82, 2.24) is 25.8 Å². The third kappa shape index (κ3) is 6.75. The van der Waals surface area contributed by atoms with Crippen molar-refractivity contribution in [2.75, 3.05) is 19.6 Å². The molecule has 1 atom stereocenters. The lowest BCUT2D eigenvalue weighted by atomic mass is 10.00. The fourth-order valence-electron chi connectivity index (χ4n) is 2.48. The third-order valence-electron chi connectivity index (χ3n) is 4.03. The van der Waals surface area contributed by atoms with Crippen molar-refractivity contribution in [3.63, 3.8) is 0 Å². The van der Waals surface area contributed by atoms with Crippen LogP contribution in [0.4, 0.5) is 0 Å². The Bertz CT molecular complexity index is 883. The van der Waals surface area contributed by atoms with Gasteiger partial charge in [0.2, 0.25) is 0 Å². The molecule has 3 aromatic rings. The molecule has 0 saturated heterocycles. The summed E-state index contributed by atoms with van der Waals surface area (Å²) in [7, 11) is 0. The molecule has 0 aliphatic heterocycles. The lowest BCUT2D eigenvalue weighted by Gasteiger charge is -2.21. The van der Waals surface area contributed by atoms with Crippen LogP contribution in [0.5, 0.6) is 0 Å². The van der Waals surface area contributed by atoms with Crippen molar-refractivity contribution in [3.8, 4) is 11.6 Å². The van der Waals surface area contributed by atoms with E-state index < -0.39 is 5.60 Å². The fraction of sp³-hybridized carbons (Fsp3) is 0.368. The first-order chi connectivity index (χ1) is 13.6. The van der Waals surface area contributed by atoms with Gasteiger partial charge >= 0.3 is 0 Å². The van der Waals surface area contributed by atoms with Gasteiger partial charge in [-0.05, 0) is 48.4 Å². The smallest absolute Gasteiger partial charge is 0.276 e. The first-order valence-corrected chi connectivity index (χ1v) is 10.0. The zero-order valence-electron chi connectivity index (χ0n) is 16.3. The molecule has 3 N–H and O–H groups in total. The van der Waals surface area contributed by atoms with Gasteiger partial charge in [0, 0.05) is 25.7 Å². The van der Waals surface area contributed by atoms with E-state index in [4.69, 9.17) is 4.52 Å². The second-order valence-corrected chi connectivity index (χ2v) is 7.17. The third-order valence-corrected chi connectivity index (χ3v) is 4.71. The molecule has 3 aromatic heterocycles. The molecule has 0 radical (unpaired) electrons. The molecule has 0 aliphatic carbocycles. The van der Waals surface area contributed by atoms with E-state index in [0.29, 0.717) is 36.3 Å². The number of aliphatic imine (C=N–C) groups is 1. The van der Waals surface area contributed by atoms with Crippen molar-refractivity contribution in [3.05, 3.63) is 52.6 Å². The van der Waals surface area contributed by atoms with E-state index in [1.54, 1.807) is 24.5 Å². The summed E-state index contributed by atoms with van der Waals surface area (Å²) in [6, 6.07) is 7.45. The lowest BCUT2D eigenvalue weighted by Crippen LogP contribution is -2.39. The highest BCUT2D eigenvalue weighted by molar-refractivity contribution is 14.0. The number of nitrogens with zero attached hydrogens (tertiary/aromatic N) is 4. The highest BCUT2D eigenvalue weighted by Gasteiger charge is 2.23. The molecular formula is C19H25IN6O2S. The van der Waals surface area contributed by atoms with Crippen LogP contribution in [-0.2, 0) is 12.0 Å². The van der Waals surface area contributed by atoms with Gasteiger partial charge in [-0.3, -0.25) is 4.98 Å². The summed E-state index contributed by atoms with van der Waals surface area (Å²) in [5.41, 5.74) is 0.513. The standard InChI is InChI=1S/C19H24N6O2S.HI/c1-3-20-18(23-13-19(2,26)14-8-11-28-12-14)22-10-7-16-24-17(27-25-16)15-6-4-5-9-21-15;/h4-6,8-9,11-12,26H,3,7,10,13H2,1-2H3,(H2,20,22,23);1H. The first kappa shape index (κ1) is 23.2. The SMILES string of the molecule is CCNC(=NCC(C)(O)c1ccsc1)NCCc1noc(-c2ccccn2)n1.I. The zero-order chi connectivity index (χ0) is 19.8. The van der Waals surface area contributed by atoms with Crippen LogP contribution in [0.2, 0.25) is 0 Å². The lowest BCUT2D eigenvalue weighted by molar-refractivity contribution is 0.0677. The number of guanidine groups is 1. The Morgan fingerprint density at radius 3 is 2.86 bits per heavy atom. The monoisotopic (exact) mass is 528 g/mol. The maximum atomic E-state index is 10.6. The number of aliphatic hydroxyl groups is 1. The molecular weight excluding hydrogens is 503 g/mol. The van der Waals surface area contributed by atoms with Gasteiger partial charge in [0.05, 0.1) is 6.54 Å². The second kappa shape index (κ2) is 11.2. The summed E-state index contributed by atoms with van der Waals surface area (Å²) in [5, 5.41) is 24.9. The van der Waals surface area contributed by atoms with Crippen molar-refractivity contribution in [1.29, 1.82) is 0 Å². The number of halogens is 1. The summed E-state index contributed by atoms with van der Waals surface area (Å²) in [6.07, 6.45) is 2.26. The molecule has 3 rings (SSSR count). The van der Waals surface area contributed by atoms with E-state index in [1.165, 1.54) is 0 Å². The van der Waals surface area contributed by atoms with Gasteiger partial charge in [-0.25, -0.2) is 4.99 Å². The molecule has 0 amide bonds.